The molecule has 0 unspecified atom stereocenters. The van der Waals surface area contributed by atoms with Gasteiger partial charge in [0, 0.05) is 50.0 Å². The van der Waals surface area contributed by atoms with E-state index in [0.717, 1.165) is 78.1 Å². The van der Waals surface area contributed by atoms with E-state index in [-0.39, 0.29) is 13.2 Å². The molecule has 0 aliphatic heterocycles. The Hall–Kier alpha value is -7.18. The molecule has 10 rings (SSSR count). The number of aryl methyl sites for hydroxylation is 2. The molecule has 0 fully saturated rings. The van der Waals surface area contributed by atoms with Crippen LogP contribution in [0.5, 0.6) is 0 Å². The number of anilines is 6. The van der Waals surface area contributed by atoms with Crippen molar-refractivity contribution in [1.82, 2.24) is 4.57 Å². The van der Waals surface area contributed by atoms with Gasteiger partial charge in [-0.15, -0.1) is 0 Å². The minimum atomic E-state index is -0.0709. The summed E-state index contributed by atoms with van der Waals surface area (Å²) < 4.78 is 2.42. The second-order valence-electron chi connectivity index (χ2n) is 15.4. The molecule has 0 radical (unpaired) electrons. The Balaban J connectivity index is 1.24. The lowest BCUT2D eigenvalue weighted by Crippen LogP contribution is -2.12. The van der Waals surface area contributed by atoms with Crippen molar-refractivity contribution in [1.29, 1.82) is 0 Å². The number of aromatic nitrogens is 1. The molecule has 1 heterocycles. The van der Waals surface area contributed by atoms with Crippen LogP contribution in [0, 0.1) is 13.8 Å². The van der Waals surface area contributed by atoms with E-state index in [1.165, 1.54) is 27.3 Å². The van der Waals surface area contributed by atoms with Crippen molar-refractivity contribution in [2.24, 2.45) is 0 Å². The van der Waals surface area contributed by atoms with E-state index < -0.39 is 0 Å². The zero-order chi connectivity index (χ0) is 40.0. The second-order valence-corrected chi connectivity index (χ2v) is 15.4. The molecule has 1 aromatic heterocycles. The van der Waals surface area contributed by atoms with E-state index >= 15 is 0 Å². The lowest BCUT2D eigenvalue weighted by molar-refractivity contribution is 0.282. The maximum absolute atomic E-state index is 10.5. The van der Waals surface area contributed by atoms with E-state index in [1.54, 1.807) is 0 Å². The number of benzene rings is 9. The molecule has 0 saturated heterocycles. The molecule has 0 amide bonds. The van der Waals surface area contributed by atoms with Crippen molar-refractivity contribution in [2.75, 3.05) is 9.80 Å². The van der Waals surface area contributed by atoms with Crippen molar-refractivity contribution in [3.8, 4) is 5.69 Å². The summed E-state index contributed by atoms with van der Waals surface area (Å²) in [6, 6.07) is 66.5. The third-order valence-corrected chi connectivity index (χ3v) is 11.6. The number of fused-ring (bicyclic) bond motifs is 5. The van der Waals surface area contributed by atoms with Crippen LogP contribution in [-0.4, -0.2) is 14.8 Å². The van der Waals surface area contributed by atoms with Gasteiger partial charge in [-0.05, 0) is 109 Å². The number of aliphatic hydroxyl groups is 2. The molecule has 59 heavy (non-hydrogen) atoms. The Labute approximate surface area is 343 Å². The summed E-state index contributed by atoms with van der Waals surface area (Å²) in [5, 5.41) is 27.9. The number of rotatable bonds is 9. The fourth-order valence-corrected chi connectivity index (χ4v) is 8.64. The van der Waals surface area contributed by atoms with Crippen LogP contribution in [-0.2, 0) is 13.2 Å². The van der Waals surface area contributed by atoms with Crippen LogP contribution in [0.3, 0.4) is 0 Å². The van der Waals surface area contributed by atoms with Crippen LogP contribution in [0.2, 0.25) is 0 Å². The second kappa shape index (κ2) is 15.0. The van der Waals surface area contributed by atoms with Crippen LogP contribution in [0.4, 0.5) is 34.1 Å². The highest BCUT2D eigenvalue weighted by Gasteiger charge is 2.22. The van der Waals surface area contributed by atoms with Gasteiger partial charge in [-0.3, -0.25) is 0 Å². The average molecular weight is 766 g/mol. The standard InChI is InChI=1S/C54H43N3O2/c1-36-18-23-43(24-19-36)55(50-15-7-4-11-40(50)34-58)45-27-22-39-31-49-48-29-28-46(56(44-25-20-37(2)21-26-44)51-16-8-5-12-41(51)35-59)33-54(48)57(53(49)32-42(39)30-45)52-17-9-13-38-10-3-6-14-47(38)52/h3-33,58-59H,34-35H2,1-2H3. The number of nitrogens with zero attached hydrogens (tertiary/aromatic N) is 3. The quantitative estimate of drug-likeness (QED) is 0.154. The van der Waals surface area contributed by atoms with Crippen LogP contribution >= 0.6 is 0 Å². The Bertz CT molecular complexity index is 3160. The first-order chi connectivity index (χ1) is 29.0. The summed E-state index contributed by atoms with van der Waals surface area (Å²) >= 11 is 0. The third kappa shape index (κ3) is 6.38. The maximum Gasteiger partial charge on any atom is 0.0702 e. The molecule has 0 spiro atoms. The number of aliphatic hydroxyl groups excluding tert-OH is 2. The number of para-hydroxylation sites is 2. The summed E-state index contributed by atoms with van der Waals surface area (Å²) in [5.74, 6) is 0. The molecular formula is C54H43N3O2. The van der Waals surface area contributed by atoms with Gasteiger partial charge in [0.25, 0.3) is 0 Å². The summed E-state index contributed by atoms with van der Waals surface area (Å²) in [5.41, 5.74) is 13.3. The molecule has 2 N–H and O–H groups in total. The first-order valence-corrected chi connectivity index (χ1v) is 20.1. The molecule has 0 atom stereocenters. The molecule has 0 saturated carbocycles. The summed E-state index contributed by atoms with van der Waals surface area (Å²) in [6.07, 6.45) is 0. The Morgan fingerprint density at radius 2 is 0.915 bits per heavy atom. The van der Waals surface area contributed by atoms with E-state index in [2.05, 4.69) is 180 Å². The van der Waals surface area contributed by atoms with E-state index in [1.807, 2.05) is 36.4 Å². The highest BCUT2D eigenvalue weighted by atomic mass is 16.3. The predicted molar refractivity (Wildman–Crippen MR) is 246 cm³/mol. The van der Waals surface area contributed by atoms with Crippen molar-refractivity contribution in [3.05, 3.63) is 210 Å². The number of hydrogen-bond acceptors (Lipinski definition) is 4. The van der Waals surface area contributed by atoms with Gasteiger partial charge in [0.05, 0.1) is 41.3 Å². The average Bonchev–Trinajstić information content (AvgIpc) is 3.59. The highest BCUT2D eigenvalue weighted by molar-refractivity contribution is 6.15. The monoisotopic (exact) mass is 765 g/mol. The molecule has 0 aliphatic rings. The smallest absolute Gasteiger partial charge is 0.0702 e. The van der Waals surface area contributed by atoms with Gasteiger partial charge in [0.2, 0.25) is 0 Å². The van der Waals surface area contributed by atoms with E-state index in [4.69, 9.17) is 0 Å². The zero-order valence-electron chi connectivity index (χ0n) is 33.0. The van der Waals surface area contributed by atoms with Gasteiger partial charge >= 0.3 is 0 Å². The van der Waals surface area contributed by atoms with Crippen LogP contribution < -0.4 is 9.80 Å². The molecule has 0 bridgehead atoms. The van der Waals surface area contributed by atoms with Crippen LogP contribution in [0.1, 0.15) is 22.3 Å². The zero-order valence-corrected chi connectivity index (χ0v) is 33.0. The van der Waals surface area contributed by atoms with E-state index in [9.17, 15) is 10.2 Å². The first kappa shape index (κ1) is 36.2. The van der Waals surface area contributed by atoms with E-state index in [0.29, 0.717) is 0 Å². The van der Waals surface area contributed by atoms with Gasteiger partial charge in [-0.25, -0.2) is 0 Å². The topological polar surface area (TPSA) is 51.9 Å². The van der Waals surface area contributed by atoms with Crippen molar-refractivity contribution >= 4 is 77.5 Å². The Morgan fingerprint density at radius 3 is 1.56 bits per heavy atom. The number of hydrogen-bond donors (Lipinski definition) is 2. The molecule has 5 heteroatoms. The molecule has 5 nitrogen and oxygen atoms in total. The van der Waals surface area contributed by atoms with Gasteiger partial charge in [-0.1, -0.05) is 120 Å². The normalized spacial score (nSPS) is 11.5. The Kier molecular flexibility index (Phi) is 9.17. The van der Waals surface area contributed by atoms with Crippen molar-refractivity contribution in [2.45, 2.75) is 27.1 Å². The maximum atomic E-state index is 10.5. The van der Waals surface area contributed by atoms with Gasteiger partial charge in [0.1, 0.15) is 0 Å². The predicted octanol–water partition coefficient (Wildman–Crippen LogP) is 13.6. The minimum Gasteiger partial charge on any atom is -0.392 e. The molecule has 9 aromatic carbocycles. The van der Waals surface area contributed by atoms with Gasteiger partial charge < -0.3 is 24.6 Å². The summed E-state index contributed by atoms with van der Waals surface area (Å²) in [6.45, 7) is 4.07. The molecule has 286 valence electrons. The van der Waals surface area contributed by atoms with Gasteiger partial charge in [-0.2, -0.15) is 0 Å². The lowest BCUT2D eigenvalue weighted by Gasteiger charge is -2.28. The lowest BCUT2D eigenvalue weighted by atomic mass is 10.0. The Morgan fingerprint density at radius 1 is 0.390 bits per heavy atom. The van der Waals surface area contributed by atoms with Gasteiger partial charge in [0.15, 0.2) is 0 Å². The molecule has 0 aliphatic carbocycles. The largest absolute Gasteiger partial charge is 0.392 e. The van der Waals surface area contributed by atoms with Crippen molar-refractivity contribution in [3.63, 3.8) is 0 Å². The highest BCUT2D eigenvalue weighted by Crippen LogP contribution is 2.44. The molecular weight excluding hydrogens is 723 g/mol. The first-order valence-electron chi connectivity index (χ1n) is 20.1. The van der Waals surface area contributed by atoms with Crippen LogP contribution in [0.25, 0.3) is 49.0 Å². The van der Waals surface area contributed by atoms with Crippen LogP contribution in [0.15, 0.2) is 188 Å². The third-order valence-electron chi connectivity index (χ3n) is 11.6. The SMILES string of the molecule is Cc1ccc(N(c2ccc3cc4c5ccc(N(c6ccc(C)cc6)c6ccccc6CO)cc5n(-c5cccc6ccccc56)c4cc3c2)c2ccccc2CO)cc1. The fraction of sp³-hybridized carbons (Fsp3) is 0.0741. The fourth-order valence-electron chi connectivity index (χ4n) is 8.64. The summed E-state index contributed by atoms with van der Waals surface area (Å²) in [4.78, 5) is 4.49. The summed E-state index contributed by atoms with van der Waals surface area (Å²) in [7, 11) is 0. The van der Waals surface area contributed by atoms with Crippen molar-refractivity contribution < 1.29 is 10.2 Å². The molecule has 10 aromatic rings. The minimum absolute atomic E-state index is 0.0627.